The zero-order valence-corrected chi connectivity index (χ0v) is 9.66. The summed E-state index contributed by atoms with van der Waals surface area (Å²) in [5, 5.41) is 9.11. The van der Waals surface area contributed by atoms with Crippen molar-refractivity contribution in [2.75, 3.05) is 6.54 Å². The molecule has 1 fully saturated rings. The number of terminal acetylenes is 1. The lowest BCUT2D eigenvalue weighted by molar-refractivity contribution is 0.0496. The third-order valence-corrected chi connectivity index (χ3v) is 3.08. The van der Waals surface area contributed by atoms with Gasteiger partial charge < -0.3 is 10.0 Å². The Labute approximate surface area is 91.5 Å². The van der Waals surface area contributed by atoms with Crippen molar-refractivity contribution >= 4 is 6.09 Å². The van der Waals surface area contributed by atoms with Crippen molar-refractivity contribution in [1.29, 1.82) is 0 Å². The normalized spacial score (nSPS) is 27.2. The van der Waals surface area contributed by atoms with Crippen molar-refractivity contribution in [2.24, 2.45) is 11.3 Å². The molecule has 1 aliphatic rings. The Morgan fingerprint density at radius 2 is 2.13 bits per heavy atom. The molecule has 1 aliphatic heterocycles. The molecule has 1 saturated heterocycles. The van der Waals surface area contributed by atoms with E-state index in [9.17, 15) is 4.79 Å². The number of nitrogens with zero attached hydrogens (tertiary/aromatic N) is 1. The first-order chi connectivity index (χ1) is 6.86. The molecule has 1 N–H and O–H groups in total. The molecular formula is C12H19NO2. The van der Waals surface area contributed by atoms with Crippen molar-refractivity contribution in [1.82, 2.24) is 4.90 Å². The van der Waals surface area contributed by atoms with Gasteiger partial charge in [-0.15, -0.1) is 12.3 Å². The fourth-order valence-corrected chi connectivity index (χ4v) is 2.17. The van der Waals surface area contributed by atoms with Crippen LogP contribution >= 0.6 is 0 Å². The van der Waals surface area contributed by atoms with E-state index in [1.165, 1.54) is 4.90 Å². The summed E-state index contributed by atoms with van der Waals surface area (Å²) in [6.07, 6.45) is 6.16. The minimum atomic E-state index is -0.828. The van der Waals surface area contributed by atoms with Crippen LogP contribution in [0, 0.1) is 23.7 Å². The van der Waals surface area contributed by atoms with Crippen molar-refractivity contribution in [3.63, 3.8) is 0 Å². The molecule has 1 rings (SSSR count). The average molecular weight is 209 g/mol. The second kappa shape index (κ2) is 4.14. The van der Waals surface area contributed by atoms with Gasteiger partial charge in [0.05, 0.1) is 0 Å². The van der Waals surface area contributed by atoms with Crippen LogP contribution in [0.4, 0.5) is 4.79 Å². The number of hydrogen-bond donors (Lipinski definition) is 1. The Morgan fingerprint density at radius 3 is 2.53 bits per heavy atom. The molecule has 1 heterocycles. The Hall–Kier alpha value is -1.17. The number of likely N-dealkylation sites (tertiary alicyclic amines) is 1. The van der Waals surface area contributed by atoms with Crippen LogP contribution in [0.15, 0.2) is 0 Å². The predicted molar refractivity (Wildman–Crippen MR) is 59.5 cm³/mol. The van der Waals surface area contributed by atoms with Crippen molar-refractivity contribution in [3.05, 3.63) is 0 Å². The first-order valence-electron chi connectivity index (χ1n) is 5.32. The summed E-state index contributed by atoms with van der Waals surface area (Å²) in [7, 11) is 0. The second-order valence-corrected chi connectivity index (χ2v) is 5.25. The monoisotopic (exact) mass is 209 g/mol. The van der Waals surface area contributed by atoms with E-state index in [1.807, 2.05) is 0 Å². The molecule has 0 aromatic carbocycles. The summed E-state index contributed by atoms with van der Waals surface area (Å²) in [4.78, 5) is 12.6. The fraction of sp³-hybridized carbons (Fsp3) is 0.750. The molecule has 0 aromatic heterocycles. The lowest BCUT2D eigenvalue weighted by Gasteiger charge is -2.43. The number of carbonyl (C=O) groups is 1. The Kier molecular flexibility index (Phi) is 3.28. The van der Waals surface area contributed by atoms with Crippen molar-refractivity contribution < 1.29 is 9.90 Å². The Morgan fingerprint density at radius 1 is 1.53 bits per heavy atom. The standard InChI is InChI=1S/C12H19NO2/c1-5-9-6-7-13(11(14)15)10(8-9)12(2,3)4/h1,9-10H,6-8H2,2-4H3,(H,14,15). The molecule has 3 heteroatoms. The van der Waals surface area contributed by atoms with E-state index >= 15 is 0 Å². The number of carboxylic acid groups (broad SMARTS) is 1. The third-order valence-electron chi connectivity index (χ3n) is 3.08. The zero-order chi connectivity index (χ0) is 11.6. The number of rotatable bonds is 0. The molecule has 2 unspecified atom stereocenters. The van der Waals surface area contributed by atoms with Crippen LogP contribution in [-0.2, 0) is 0 Å². The van der Waals surface area contributed by atoms with Crippen LogP contribution in [0.2, 0.25) is 0 Å². The Bertz CT molecular complexity index is 285. The van der Waals surface area contributed by atoms with Gasteiger partial charge >= 0.3 is 6.09 Å². The molecule has 0 bridgehead atoms. The lowest BCUT2D eigenvalue weighted by Crippen LogP contribution is -2.51. The summed E-state index contributed by atoms with van der Waals surface area (Å²) in [6, 6.07) is 0.0322. The summed E-state index contributed by atoms with van der Waals surface area (Å²) in [6.45, 7) is 6.75. The van der Waals surface area contributed by atoms with Gasteiger partial charge in [0.2, 0.25) is 0 Å². The molecule has 0 aliphatic carbocycles. The maximum Gasteiger partial charge on any atom is 0.407 e. The van der Waals surface area contributed by atoms with Crippen LogP contribution < -0.4 is 0 Å². The van der Waals surface area contributed by atoms with Crippen LogP contribution in [-0.4, -0.2) is 28.7 Å². The molecule has 3 nitrogen and oxygen atoms in total. The first kappa shape index (κ1) is 11.9. The second-order valence-electron chi connectivity index (χ2n) is 5.25. The summed E-state index contributed by atoms with van der Waals surface area (Å²) in [5.41, 5.74) is -0.0477. The van der Waals surface area contributed by atoms with Crippen molar-refractivity contribution in [3.8, 4) is 12.3 Å². The van der Waals surface area contributed by atoms with Gasteiger partial charge in [-0.3, -0.25) is 0 Å². The third kappa shape index (κ3) is 2.65. The molecule has 15 heavy (non-hydrogen) atoms. The number of hydrogen-bond acceptors (Lipinski definition) is 1. The molecule has 0 saturated carbocycles. The molecule has 0 spiro atoms. The lowest BCUT2D eigenvalue weighted by atomic mass is 9.77. The molecule has 2 atom stereocenters. The average Bonchev–Trinajstić information content (AvgIpc) is 2.15. The van der Waals surface area contributed by atoms with E-state index in [4.69, 9.17) is 11.5 Å². The highest BCUT2D eigenvalue weighted by atomic mass is 16.4. The minimum absolute atomic E-state index is 0.0322. The number of amides is 1. The molecule has 0 aromatic rings. The summed E-state index contributed by atoms with van der Waals surface area (Å²) >= 11 is 0. The van der Waals surface area contributed by atoms with Gasteiger partial charge in [-0.05, 0) is 18.3 Å². The highest BCUT2D eigenvalue weighted by molar-refractivity contribution is 5.65. The number of piperidine rings is 1. The van der Waals surface area contributed by atoms with E-state index in [1.54, 1.807) is 0 Å². The predicted octanol–water partition coefficient (Wildman–Crippen LogP) is 2.42. The van der Waals surface area contributed by atoms with Gasteiger partial charge in [0.15, 0.2) is 0 Å². The van der Waals surface area contributed by atoms with Gasteiger partial charge in [-0.1, -0.05) is 20.8 Å². The highest BCUT2D eigenvalue weighted by Crippen LogP contribution is 2.34. The summed E-state index contributed by atoms with van der Waals surface area (Å²) < 4.78 is 0. The van der Waals surface area contributed by atoms with Gasteiger partial charge in [-0.2, -0.15) is 0 Å². The van der Waals surface area contributed by atoms with E-state index in [0.29, 0.717) is 6.54 Å². The van der Waals surface area contributed by atoms with E-state index < -0.39 is 6.09 Å². The molecular weight excluding hydrogens is 190 g/mol. The van der Waals surface area contributed by atoms with Gasteiger partial charge in [0.25, 0.3) is 0 Å². The van der Waals surface area contributed by atoms with Crippen LogP contribution in [0.1, 0.15) is 33.6 Å². The van der Waals surface area contributed by atoms with E-state index in [2.05, 4.69) is 26.7 Å². The SMILES string of the molecule is C#CC1CCN(C(=O)O)C(C(C)(C)C)C1. The van der Waals surface area contributed by atoms with Crippen LogP contribution in [0.25, 0.3) is 0 Å². The zero-order valence-electron chi connectivity index (χ0n) is 9.66. The maximum atomic E-state index is 11.1. The van der Waals surface area contributed by atoms with Gasteiger partial charge in [0.1, 0.15) is 0 Å². The van der Waals surface area contributed by atoms with E-state index in [0.717, 1.165) is 12.8 Å². The summed E-state index contributed by atoms with van der Waals surface area (Å²) in [5.74, 6) is 2.97. The van der Waals surface area contributed by atoms with Gasteiger partial charge in [0, 0.05) is 18.5 Å². The fourth-order valence-electron chi connectivity index (χ4n) is 2.17. The molecule has 84 valence electrons. The highest BCUT2D eigenvalue weighted by Gasteiger charge is 2.37. The minimum Gasteiger partial charge on any atom is -0.465 e. The topological polar surface area (TPSA) is 40.5 Å². The van der Waals surface area contributed by atoms with Crippen LogP contribution in [0.3, 0.4) is 0 Å². The quantitative estimate of drug-likeness (QED) is 0.622. The first-order valence-corrected chi connectivity index (χ1v) is 5.32. The molecule has 0 radical (unpaired) electrons. The van der Waals surface area contributed by atoms with Gasteiger partial charge in [-0.25, -0.2) is 4.79 Å². The smallest absolute Gasteiger partial charge is 0.407 e. The van der Waals surface area contributed by atoms with Crippen LogP contribution in [0.5, 0.6) is 0 Å². The van der Waals surface area contributed by atoms with Crippen molar-refractivity contribution in [2.45, 2.75) is 39.7 Å². The Balaban J connectivity index is 2.84. The van der Waals surface area contributed by atoms with E-state index in [-0.39, 0.29) is 17.4 Å². The maximum absolute atomic E-state index is 11.1. The largest absolute Gasteiger partial charge is 0.465 e. The molecule has 1 amide bonds.